The van der Waals surface area contributed by atoms with E-state index in [0.29, 0.717) is 13.0 Å². The van der Waals surface area contributed by atoms with Gasteiger partial charge in [-0.25, -0.2) is 12.8 Å². The number of nitrogens with zero attached hydrogens (tertiary/aromatic N) is 1. The lowest BCUT2D eigenvalue weighted by Crippen LogP contribution is -2.32. The summed E-state index contributed by atoms with van der Waals surface area (Å²) in [5.41, 5.74) is 5.68. The molecule has 0 spiro atoms. The Morgan fingerprint density at radius 3 is 2.72 bits per heavy atom. The second-order valence-electron chi connectivity index (χ2n) is 4.21. The zero-order chi connectivity index (χ0) is 13.3. The van der Waals surface area contributed by atoms with Crippen LogP contribution in [0.25, 0.3) is 0 Å². The molecule has 1 heterocycles. The van der Waals surface area contributed by atoms with E-state index >= 15 is 0 Å². The van der Waals surface area contributed by atoms with Crippen molar-refractivity contribution >= 4 is 10.0 Å². The molecule has 0 saturated carbocycles. The Balaban J connectivity index is 2.33. The molecule has 2 N–H and O–H groups in total. The molecule has 1 saturated heterocycles. The molecule has 2 rings (SSSR count). The normalized spacial score (nSPS) is 21.2. The minimum atomic E-state index is -3.66. The van der Waals surface area contributed by atoms with Gasteiger partial charge in [-0.05, 0) is 24.6 Å². The van der Waals surface area contributed by atoms with Crippen LogP contribution in [-0.2, 0) is 10.0 Å². The molecule has 0 aromatic heterocycles. The number of hydrogen-bond acceptors (Lipinski definition) is 4. The predicted octanol–water partition coefficient (Wildman–Crippen LogP) is 0.556. The Morgan fingerprint density at radius 1 is 1.50 bits per heavy atom. The Hall–Kier alpha value is -1.18. The minimum absolute atomic E-state index is 0.0204. The Labute approximate surface area is 105 Å². The van der Waals surface area contributed by atoms with Crippen molar-refractivity contribution in [3.8, 4) is 5.75 Å². The highest BCUT2D eigenvalue weighted by Crippen LogP contribution is 2.25. The molecule has 1 aromatic rings. The number of methoxy groups -OCH3 is 1. The molecule has 18 heavy (non-hydrogen) atoms. The monoisotopic (exact) mass is 274 g/mol. The molecule has 1 fully saturated rings. The molecule has 0 amide bonds. The molecule has 100 valence electrons. The number of nitrogens with two attached hydrogens (primary N) is 1. The molecular weight excluding hydrogens is 259 g/mol. The average Bonchev–Trinajstić information content (AvgIpc) is 2.76. The molecule has 1 aliphatic rings. The van der Waals surface area contributed by atoms with Crippen LogP contribution in [0.4, 0.5) is 4.39 Å². The van der Waals surface area contributed by atoms with Gasteiger partial charge in [0, 0.05) is 19.1 Å². The lowest BCUT2D eigenvalue weighted by molar-refractivity contribution is 0.385. The summed E-state index contributed by atoms with van der Waals surface area (Å²) in [6, 6.07) is 3.46. The van der Waals surface area contributed by atoms with Gasteiger partial charge in [0.2, 0.25) is 10.0 Å². The van der Waals surface area contributed by atoms with E-state index in [1.54, 1.807) is 0 Å². The van der Waals surface area contributed by atoms with Gasteiger partial charge in [-0.15, -0.1) is 0 Å². The Morgan fingerprint density at radius 2 is 2.22 bits per heavy atom. The molecule has 0 radical (unpaired) electrons. The number of benzene rings is 1. The first kappa shape index (κ1) is 13.3. The van der Waals surface area contributed by atoms with Crippen LogP contribution in [0, 0.1) is 5.82 Å². The van der Waals surface area contributed by atoms with E-state index in [9.17, 15) is 12.8 Å². The summed E-state index contributed by atoms with van der Waals surface area (Å²) >= 11 is 0. The lowest BCUT2D eigenvalue weighted by Gasteiger charge is -2.16. The second-order valence-corrected chi connectivity index (χ2v) is 6.15. The number of hydrogen-bond donors (Lipinski definition) is 1. The first-order valence-corrected chi connectivity index (χ1v) is 6.98. The third-order valence-electron chi connectivity index (χ3n) is 2.95. The molecule has 0 unspecified atom stereocenters. The fourth-order valence-electron chi connectivity index (χ4n) is 1.93. The molecular formula is C11H15FN2O3S. The van der Waals surface area contributed by atoms with Crippen molar-refractivity contribution in [2.45, 2.75) is 17.4 Å². The van der Waals surface area contributed by atoms with E-state index in [1.807, 2.05) is 0 Å². The van der Waals surface area contributed by atoms with Gasteiger partial charge in [0.1, 0.15) is 0 Å². The second kappa shape index (κ2) is 4.83. The molecule has 7 heteroatoms. The van der Waals surface area contributed by atoms with Crippen LogP contribution in [-0.4, -0.2) is 39.0 Å². The van der Waals surface area contributed by atoms with Gasteiger partial charge < -0.3 is 10.5 Å². The van der Waals surface area contributed by atoms with Crippen molar-refractivity contribution in [2.24, 2.45) is 5.73 Å². The third kappa shape index (κ3) is 2.33. The van der Waals surface area contributed by atoms with E-state index in [0.717, 1.165) is 6.07 Å². The molecule has 1 atom stereocenters. The standard InChI is InChI=1S/C11H15FN2O3S/c1-17-11-3-2-9(6-10(11)12)18(15,16)14-5-4-8(13)7-14/h2-3,6,8H,4-5,7,13H2,1H3/t8-/m0/s1. The van der Waals surface area contributed by atoms with E-state index in [2.05, 4.69) is 0 Å². The fourth-order valence-corrected chi connectivity index (χ4v) is 3.45. The maximum atomic E-state index is 13.5. The minimum Gasteiger partial charge on any atom is -0.494 e. The summed E-state index contributed by atoms with van der Waals surface area (Å²) in [5, 5.41) is 0. The highest BCUT2D eigenvalue weighted by Gasteiger charge is 2.31. The number of rotatable bonds is 3. The van der Waals surface area contributed by atoms with E-state index in [1.165, 1.54) is 23.5 Å². The molecule has 5 nitrogen and oxygen atoms in total. The van der Waals surface area contributed by atoms with Gasteiger partial charge in [0.15, 0.2) is 11.6 Å². The Kier molecular flexibility index (Phi) is 3.56. The topological polar surface area (TPSA) is 72.6 Å². The smallest absolute Gasteiger partial charge is 0.243 e. The summed E-state index contributed by atoms with van der Waals surface area (Å²) in [7, 11) is -2.34. The lowest BCUT2D eigenvalue weighted by atomic mass is 10.3. The number of sulfonamides is 1. The van der Waals surface area contributed by atoms with E-state index in [4.69, 9.17) is 10.5 Å². The predicted molar refractivity (Wildman–Crippen MR) is 64.3 cm³/mol. The summed E-state index contributed by atoms with van der Waals surface area (Å²) in [4.78, 5) is -0.0742. The van der Waals surface area contributed by atoms with Gasteiger partial charge in [0.25, 0.3) is 0 Å². The molecule has 1 aliphatic heterocycles. The molecule has 1 aromatic carbocycles. The van der Waals surface area contributed by atoms with Gasteiger partial charge in [0.05, 0.1) is 12.0 Å². The van der Waals surface area contributed by atoms with Crippen LogP contribution in [0.1, 0.15) is 6.42 Å². The van der Waals surface area contributed by atoms with Crippen molar-refractivity contribution in [3.05, 3.63) is 24.0 Å². The first-order chi connectivity index (χ1) is 8.45. The van der Waals surface area contributed by atoms with Gasteiger partial charge in [-0.3, -0.25) is 0 Å². The SMILES string of the molecule is COc1ccc(S(=O)(=O)N2CC[C@H](N)C2)cc1F. The summed E-state index contributed by atoms with van der Waals surface area (Å²) < 4.78 is 43.9. The van der Waals surface area contributed by atoms with Crippen LogP contribution >= 0.6 is 0 Å². The Bertz CT molecular complexity index is 547. The zero-order valence-electron chi connectivity index (χ0n) is 9.97. The van der Waals surface area contributed by atoms with Crippen LogP contribution in [0.3, 0.4) is 0 Å². The first-order valence-electron chi connectivity index (χ1n) is 5.54. The zero-order valence-corrected chi connectivity index (χ0v) is 10.8. The summed E-state index contributed by atoms with van der Waals surface area (Å²) in [5.74, 6) is -0.672. The van der Waals surface area contributed by atoms with Crippen molar-refractivity contribution in [2.75, 3.05) is 20.2 Å². The third-order valence-corrected chi connectivity index (χ3v) is 4.81. The largest absolute Gasteiger partial charge is 0.494 e. The van der Waals surface area contributed by atoms with Gasteiger partial charge in [-0.1, -0.05) is 0 Å². The van der Waals surface area contributed by atoms with Crippen molar-refractivity contribution in [1.29, 1.82) is 0 Å². The summed E-state index contributed by atoms with van der Waals surface area (Å²) in [6.45, 7) is 0.646. The van der Waals surface area contributed by atoms with Crippen LogP contribution in [0.15, 0.2) is 23.1 Å². The van der Waals surface area contributed by atoms with Crippen molar-refractivity contribution < 1.29 is 17.5 Å². The molecule has 0 aliphatic carbocycles. The van der Waals surface area contributed by atoms with Crippen LogP contribution in [0.5, 0.6) is 5.75 Å². The number of halogens is 1. The van der Waals surface area contributed by atoms with E-state index in [-0.39, 0.29) is 23.2 Å². The van der Waals surface area contributed by atoms with E-state index < -0.39 is 15.8 Å². The summed E-state index contributed by atoms with van der Waals surface area (Å²) in [6.07, 6.45) is 0.623. The van der Waals surface area contributed by atoms with Crippen molar-refractivity contribution in [1.82, 2.24) is 4.31 Å². The van der Waals surface area contributed by atoms with Gasteiger partial charge >= 0.3 is 0 Å². The maximum absolute atomic E-state index is 13.5. The van der Waals surface area contributed by atoms with Gasteiger partial charge in [-0.2, -0.15) is 4.31 Å². The fraction of sp³-hybridized carbons (Fsp3) is 0.455. The highest BCUT2D eigenvalue weighted by atomic mass is 32.2. The maximum Gasteiger partial charge on any atom is 0.243 e. The van der Waals surface area contributed by atoms with Crippen LogP contribution < -0.4 is 10.5 Å². The van der Waals surface area contributed by atoms with Crippen LogP contribution in [0.2, 0.25) is 0 Å². The molecule has 0 bridgehead atoms. The quantitative estimate of drug-likeness (QED) is 0.874. The number of ether oxygens (including phenoxy) is 1. The highest BCUT2D eigenvalue weighted by molar-refractivity contribution is 7.89. The average molecular weight is 274 g/mol. The van der Waals surface area contributed by atoms with Crippen molar-refractivity contribution in [3.63, 3.8) is 0 Å².